The molecule has 0 spiro atoms. The molecule has 0 saturated heterocycles. The van der Waals surface area contributed by atoms with Crippen molar-refractivity contribution in [1.82, 2.24) is 0 Å². The molecule has 30 heavy (non-hydrogen) atoms. The lowest BCUT2D eigenvalue weighted by molar-refractivity contribution is -0.139. The Bertz CT molecular complexity index is 1100. The van der Waals surface area contributed by atoms with Crippen LogP contribution >= 0.6 is 15.9 Å². The highest BCUT2D eigenvalue weighted by Crippen LogP contribution is 2.44. The number of nitrogens with zero attached hydrogens (tertiary/aromatic N) is 2. The van der Waals surface area contributed by atoms with Gasteiger partial charge in [0.05, 0.1) is 43.0 Å². The van der Waals surface area contributed by atoms with Crippen LogP contribution in [0.25, 0.3) is 0 Å². The summed E-state index contributed by atoms with van der Waals surface area (Å²) < 4.78 is 10.6. The maximum Gasteiger partial charge on any atom is 0.355 e. The number of ether oxygens (including phenoxy) is 2. The topological polar surface area (TPSA) is 106 Å². The van der Waals surface area contributed by atoms with Crippen LogP contribution in [-0.4, -0.2) is 26.2 Å². The van der Waals surface area contributed by atoms with Crippen molar-refractivity contribution in [2.24, 2.45) is 5.73 Å². The summed E-state index contributed by atoms with van der Waals surface area (Å²) in [5.41, 5.74) is 7.48. The molecule has 1 aliphatic rings. The fourth-order valence-corrected chi connectivity index (χ4v) is 3.86. The Hall–Kier alpha value is -3.57. The van der Waals surface area contributed by atoms with E-state index in [1.807, 2.05) is 6.07 Å². The van der Waals surface area contributed by atoms with E-state index in [1.165, 1.54) is 19.1 Å². The third-order valence-electron chi connectivity index (χ3n) is 4.70. The molecule has 1 unspecified atom stereocenters. The lowest BCUT2D eigenvalue weighted by Gasteiger charge is -2.36. The third-order valence-corrected chi connectivity index (χ3v) is 5.37. The van der Waals surface area contributed by atoms with E-state index in [0.717, 1.165) is 0 Å². The van der Waals surface area contributed by atoms with Crippen molar-refractivity contribution in [1.29, 1.82) is 5.26 Å². The fraction of sp³-hybridized carbons (Fsp3) is 0.136. The molecule has 3 rings (SSSR count). The van der Waals surface area contributed by atoms with E-state index in [1.54, 1.807) is 48.5 Å². The van der Waals surface area contributed by atoms with Gasteiger partial charge in [0.2, 0.25) is 0 Å². The minimum absolute atomic E-state index is 0.0197. The van der Waals surface area contributed by atoms with E-state index in [-0.39, 0.29) is 22.7 Å². The Morgan fingerprint density at radius 2 is 1.63 bits per heavy atom. The molecule has 0 amide bonds. The van der Waals surface area contributed by atoms with Crippen LogP contribution in [0.3, 0.4) is 0 Å². The number of hydrogen-bond donors (Lipinski definition) is 1. The SMILES string of the molecule is COC(=O)C1=C(C(=O)OC)N(c2ccccc2Br)C(N)=C(C#N)C1c1ccccc1. The molecule has 7 nitrogen and oxygen atoms in total. The van der Waals surface area contributed by atoms with Crippen molar-refractivity contribution in [2.45, 2.75) is 5.92 Å². The van der Waals surface area contributed by atoms with Crippen LogP contribution in [0.4, 0.5) is 5.69 Å². The molecule has 0 aliphatic carbocycles. The number of allylic oxidation sites excluding steroid dienone is 1. The Kier molecular flexibility index (Phi) is 6.23. The van der Waals surface area contributed by atoms with E-state index >= 15 is 0 Å². The Balaban J connectivity index is 2.43. The number of benzene rings is 2. The number of anilines is 1. The second kappa shape index (κ2) is 8.84. The number of rotatable bonds is 4. The molecule has 152 valence electrons. The summed E-state index contributed by atoms with van der Waals surface area (Å²) in [7, 11) is 2.42. The van der Waals surface area contributed by atoms with Crippen molar-refractivity contribution in [3.63, 3.8) is 0 Å². The van der Waals surface area contributed by atoms with Gasteiger partial charge in [-0.05, 0) is 33.6 Å². The zero-order valence-corrected chi connectivity index (χ0v) is 17.8. The first kappa shape index (κ1) is 21.1. The van der Waals surface area contributed by atoms with Gasteiger partial charge in [-0.2, -0.15) is 5.26 Å². The summed E-state index contributed by atoms with van der Waals surface area (Å²) in [6, 6.07) is 18.0. The summed E-state index contributed by atoms with van der Waals surface area (Å²) in [4.78, 5) is 27.2. The van der Waals surface area contributed by atoms with Crippen LogP contribution < -0.4 is 10.6 Å². The summed E-state index contributed by atoms with van der Waals surface area (Å²) in [5, 5.41) is 9.96. The molecule has 0 saturated carbocycles. The van der Waals surface area contributed by atoms with Gasteiger partial charge in [0, 0.05) is 4.47 Å². The van der Waals surface area contributed by atoms with Crippen LogP contribution in [-0.2, 0) is 19.1 Å². The molecule has 2 N–H and O–H groups in total. The fourth-order valence-electron chi connectivity index (χ4n) is 3.40. The maximum absolute atomic E-state index is 12.9. The minimum atomic E-state index is -0.892. The van der Waals surface area contributed by atoms with Crippen LogP contribution in [0.5, 0.6) is 0 Å². The van der Waals surface area contributed by atoms with Gasteiger partial charge in [0.25, 0.3) is 0 Å². The van der Waals surface area contributed by atoms with Crippen molar-refractivity contribution < 1.29 is 19.1 Å². The first-order valence-corrected chi connectivity index (χ1v) is 9.65. The minimum Gasteiger partial charge on any atom is -0.466 e. The predicted octanol–water partition coefficient (Wildman–Crippen LogP) is 3.35. The molecular weight excluding hydrogens is 450 g/mol. The van der Waals surface area contributed by atoms with Crippen molar-refractivity contribution >= 4 is 33.6 Å². The van der Waals surface area contributed by atoms with Crippen LogP contribution in [0.2, 0.25) is 0 Å². The second-order valence-electron chi connectivity index (χ2n) is 6.29. The molecule has 1 heterocycles. The summed E-state index contributed by atoms with van der Waals surface area (Å²) in [6.45, 7) is 0. The highest BCUT2D eigenvalue weighted by molar-refractivity contribution is 9.10. The number of methoxy groups -OCH3 is 2. The first-order chi connectivity index (χ1) is 14.5. The molecule has 2 aromatic carbocycles. The number of carbonyl (C=O) groups excluding carboxylic acids is 2. The quantitative estimate of drug-likeness (QED) is 0.687. The molecule has 0 aromatic heterocycles. The number of carbonyl (C=O) groups is 2. The number of esters is 2. The number of halogens is 1. The average Bonchev–Trinajstić information content (AvgIpc) is 2.78. The van der Waals surface area contributed by atoms with E-state index < -0.39 is 17.9 Å². The predicted molar refractivity (Wildman–Crippen MR) is 114 cm³/mol. The molecule has 0 radical (unpaired) electrons. The van der Waals surface area contributed by atoms with E-state index in [9.17, 15) is 14.9 Å². The molecule has 0 bridgehead atoms. The Labute approximate surface area is 182 Å². The van der Waals surface area contributed by atoms with Gasteiger partial charge in [-0.3, -0.25) is 4.90 Å². The van der Waals surface area contributed by atoms with Gasteiger partial charge in [-0.25, -0.2) is 9.59 Å². The number of hydrogen-bond acceptors (Lipinski definition) is 7. The van der Waals surface area contributed by atoms with Gasteiger partial charge < -0.3 is 15.2 Å². The van der Waals surface area contributed by atoms with Crippen LogP contribution in [0.15, 0.2) is 81.7 Å². The smallest absolute Gasteiger partial charge is 0.355 e. The summed E-state index contributed by atoms with van der Waals surface area (Å²) >= 11 is 3.44. The molecular formula is C22H18BrN3O4. The lowest BCUT2D eigenvalue weighted by atomic mass is 9.81. The molecule has 1 atom stereocenters. The van der Waals surface area contributed by atoms with E-state index in [2.05, 4.69) is 22.0 Å². The number of nitriles is 1. The van der Waals surface area contributed by atoms with Gasteiger partial charge in [-0.15, -0.1) is 0 Å². The van der Waals surface area contributed by atoms with Crippen molar-refractivity contribution in [2.75, 3.05) is 19.1 Å². The van der Waals surface area contributed by atoms with Gasteiger partial charge in [0.1, 0.15) is 11.5 Å². The Morgan fingerprint density at radius 1 is 1.03 bits per heavy atom. The van der Waals surface area contributed by atoms with Crippen molar-refractivity contribution in [3.05, 3.63) is 87.3 Å². The van der Waals surface area contributed by atoms with Crippen LogP contribution in [0.1, 0.15) is 11.5 Å². The highest BCUT2D eigenvalue weighted by Gasteiger charge is 2.43. The van der Waals surface area contributed by atoms with Gasteiger partial charge >= 0.3 is 11.9 Å². The maximum atomic E-state index is 12.9. The highest BCUT2D eigenvalue weighted by atomic mass is 79.9. The molecule has 0 fully saturated rings. The second-order valence-corrected chi connectivity index (χ2v) is 7.14. The zero-order valence-electron chi connectivity index (χ0n) is 16.3. The van der Waals surface area contributed by atoms with Crippen LogP contribution in [0, 0.1) is 11.3 Å². The first-order valence-electron chi connectivity index (χ1n) is 8.86. The van der Waals surface area contributed by atoms with E-state index in [4.69, 9.17) is 15.2 Å². The Morgan fingerprint density at radius 3 is 2.20 bits per heavy atom. The number of para-hydroxylation sites is 1. The van der Waals surface area contributed by atoms with Crippen molar-refractivity contribution in [3.8, 4) is 6.07 Å². The monoisotopic (exact) mass is 467 g/mol. The molecule has 8 heteroatoms. The largest absolute Gasteiger partial charge is 0.466 e. The third kappa shape index (κ3) is 3.55. The zero-order chi connectivity index (χ0) is 21.8. The lowest BCUT2D eigenvalue weighted by Crippen LogP contribution is -2.40. The van der Waals surface area contributed by atoms with Gasteiger partial charge in [0.15, 0.2) is 0 Å². The number of nitrogens with two attached hydrogens (primary N) is 1. The normalized spacial score (nSPS) is 16.2. The van der Waals surface area contributed by atoms with Gasteiger partial charge in [-0.1, -0.05) is 42.5 Å². The summed E-state index contributed by atoms with van der Waals surface area (Å²) in [5.74, 6) is -2.42. The average molecular weight is 468 g/mol. The summed E-state index contributed by atoms with van der Waals surface area (Å²) in [6.07, 6.45) is 0. The van der Waals surface area contributed by atoms with E-state index in [0.29, 0.717) is 15.7 Å². The molecule has 1 aliphatic heterocycles. The standard InChI is InChI=1S/C22H18BrN3O4/c1-29-21(27)18-17(13-8-4-3-5-9-13)14(12-24)20(25)26(19(18)22(28)30-2)16-11-7-6-10-15(16)23/h3-11,17H,25H2,1-2H3. The molecule has 2 aromatic rings.